The van der Waals surface area contributed by atoms with Gasteiger partial charge in [0.05, 0.1) is 4.92 Å². The van der Waals surface area contributed by atoms with E-state index in [1.807, 2.05) is 40.1 Å². The molecule has 0 radical (unpaired) electrons. The first kappa shape index (κ1) is 28.6. The summed E-state index contributed by atoms with van der Waals surface area (Å²) in [5, 5.41) is 11.7. The van der Waals surface area contributed by atoms with Crippen LogP contribution in [0, 0.1) is 10.1 Å². The van der Waals surface area contributed by atoms with Crippen molar-refractivity contribution >= 4 is 47.9 Å². The number of nitro benzene ring substituents is 1. The van der Waals surface area contributed by atoms with Crippen molar-refractivity contribution in [3.63, 3.8) is 0 Å². The highest BCUT2D eigenvalue weighted by Crippen LogP contribution is 2.31. The maximum absolute atomic E-state index is 12.8. The van der Waals surface area contributed by atoms with E-state index < -0.39 is 0 Å². The third-order valence-electron chi connectivity index (χ3n) is 6.53. The molecule has 0 bridgehead atoms. The van der Waals surface area contributed by atoms with Crippen molar-refractivity contribution in [2.75, 3.05) is 50.7 Å². The number of rotatable bonds is 7. The molecule has 0 spiro atoms. The Morgan fingerprint density at radius 3 is 2.11 bits per heavy atom. The second kappa shape index (κ2) is 13.4. The Hall–Kier alpha value is -2.68. The lowest BCUT2D eigenvalue weighted by atomic mass is 10.0. The lowest BCUT2D eigenvalue weighted by Gasteiger charge is -2.34. The van der Waals surface area contributed by atoms with Gasteiger partial charge < -0.3 is 9.80 Å². The molecular weight excluding hydrogens is 491 g/mol. The minimum Gasteiger partial charge on any atom is -0.366 e. The number of piperidine rings is 1. The molecule has 0 saturated carbocycles. The van der Waals surface area contributed by atoms with Crippen molar-refractivity contribution < 1.29 is 14.5 Å². The number of nitro groups is 1. The van der Waals surface area contributed by atoms with Gasteiger partial charge in [0, 0.05) is 69.4 Å². The minimum atomic E-state index is -0.385. The van der Waals surface area contributed by atoms with E-state index in [0.717, 1.165) is 32.4 Å². The largest absolute Gasteiger partial charge is 0.366 e. The summed E-state index contributed by atoms with van der Waals surface area (Å²) >= 11 is 0. The molecule has 0 aliphatic carbocycles. The molecular formula is C25H32Cl2N4O4. The van der Waals surface area contributed by atoms with Gasteiger partial charge in [-0.25, -0.2) is 0 Å². The van der Waals surface area contributed by atoms with Crippen LogP contribution in [-0.4, -0.2) is 72.2 Å². The number of Topliss-reactive ketones (excluding diaryl/α,β-unsaturated/α-hetero) is 1. The monoisotopic (exact) mass is 522 g/mol. The van der Waals surface area contributed by atoms with Gasteiger partial charge in [-0.15, -0.1) is 24.8 Å². The molecule has 1 amide bonds. The summed E-state index contributed by atoms with van der Waals surface area (Å²) in [6.07, 6.45) is 3.51. The molecule has 10 heteroatoms. The summed E-state index contributed by atoms with van der Waals surface area (Å²) in [6.45, 7) is 4.86. The van der Waals surface area contributed by atoms with E-state index in [-0.39, 0.29) is 47.1 Å². The second-order valence-corrected chi connectivity index (χ2v) is 8.68. The number of carbonyl (C=O) groups excluding carboxylic acids is 2. The maximum Gasteiger partial charge on any atom is 0.293 e. The minimum absolute atomic E-state index is 0. The van der Waals surface area contributed by atoms with Crippen LogP contribution in [0.2, 0.25) is 0 Å². The fourth-order valence-corrected chi connectivity index (χ4v) is 4.59. The van der Waals surface area contributed by atoms with E-state index in [0.29, 0.717) is 56.0 Å². The zero-order chi connectivity index (χ0) is 23.2. The first-order chi connectivity index (χ1) is 16.0. The van der Waals surface area contributed by atoms with Crippen molar-refractivity contribution in [1.82, 2.24) is 9.80 Å². The van der Waals surface area contributed by atoms with Crippen LogP contribution < -0.4 is 4.90 Å². The Morgan fingerprint density at radius 2 is 1.49 bits per heavy atom. The smallest absolute Gasteiger partial charge is 0.293 e. The van der Waals surface area contributed by atoms with Gasteiger partial charge in [-0.3, -0.25) is 24.6 Å². The Kier molecular flexibility index (Phi) is 10.9. The topological polar surface area (TPSA) is 87.0 Å². The van der Waals surface area contributed by atoms with Gasteiger partial charge in [-0.2, -0.15) is 0 Å². The highest BCUT2D eigenvalue weighted by atomic mass is 35.5. The van der Waals surface area contributed by atoms with E-state index in [4.69, 9.17) is 0 Å². The average Bonchev–Trinajstić information content (AvgIpc) is 2.87. The van der Waals surface area contributed by atoms with E-state index in [1.165, 1.54) is 6.07 Å². The van der Waals surface area contributed by atoms with Gasteiger partial charge in [0.25, 0.3) is 11.6 Å². The van der Waals surface area contributed by atoms with Crippen LogP contribution in [0.3, 0.4) is 0 Å². The molecule has 0 unspecified atom stereocenters. The highest BCUT2D eigenvalue weighted by Gasteiger charge is 2.25. The van der Waals surface area contributed by atoms with Gasteiger partial charge in [0.15, 0.2) is 5.78 Å². The zero-order valence-corrected chi connectivity index (χ0v) is 21.3. The summed E-state index contributed by atoms with van der Waals surface area (Å²) in [7, 11) is 0. The van der Waals surface area contributed by atoms with Crippen molar-refractivity contribution in [3.8, 4) is 0 Å². The Morgan fingerprint density at radius 1 is 0.829 bits per heavy atom. The maximum atomic E-state index is 12.8. The second-order valence-electron chi connectivity index (χ2n) is 8.68. The molecule has 4 rings (SSSR count). The number of ketones is 1. The van der Waals surface area contributed by atoms with Crippen molar-refractivity contribution in [1.29, 1.82) is 0 Å². The summed E-state index contributed by atoms with van der Waals surface area (Å²) < 4.78 is 0. The summed E-state index contributed by atoms with van der Waals surface area (Å²) in [6, 6.07) is 14.1. The first-order valence-electron chi connectivity index (χ1n) is 11.7. The van der Waals surface area contributed by atoms with Crippen LogP contribution in [-0.2, 0) is 0 Å². The van der Waals surface area contributed by atoms with Crippen LogP contribution >= 0.6 is 24.8 Å². The quantitative estimate of drug-likeness (QED) is 0.303. The highest BCUT2D eigenvalue weighted by molar-refractivity contribution is 5.97. The molecule has 35 heavy (non-hydrogen) atoms. The molecule has 0 atom stereocenters. The fraction of sp³-hybridized carbons (Fsp3) is 0.440. The molecule has 2 aliphatic rings. The van der Waals surface area contributed by atoms with Gasteiger partial charge in [0.2, 0.25) is 0 Å². The number of hydrogen-bond acceptors (Lipinski definition) is 6. The van der Waals surface area contributed by atoms with Gasteiger partial charge in [-0.1, -0.05) is 18.2 Å². The Bertz CT molecular complexity index is 1010. The normalized spacial score (nSPS) is 16.1. The number of halogens is 2. The number of hydrogen-bond donors (Lipinski definition) is 0. The average molecular weight is 523 g/mol. The van der Waals surface area contributed by atoms with Gasteiger partial charge >= 0.3 is 0 Å². The van der Waals surface area contributed by atoms with Crippen molar-refractivity contribution in [3.05, 3.63) is 69.8 Å². The standard InChI is InChI=1S/C25H30N4O4.2ClH/c30-24(21-9-10-22(23(19-21)29(32)33)27-12-5-2-6-13-27)11-14-26-15-17-28(18-16-26)25(31)20-7-3-1-4-8-20;;/h1,3-4,7-10,19H,2,5-6,11-18H2;2*1H. The molecule has 2 heterocycles. The third kappa shape index (κ3) is 7.16. The molecule has 2 aromatic carbocycles. The molecule has 0 aromatic heterocycles. The zero-order valence-electron chi connectivity index (χ0n) is 19.6. The molecule has 190 valence electrons. The van der Waals surface area contributed by atoms with Crippen molar-refractivity contribution in [2.45, 2.75) is 25.7 Å². The molecule has 8 nitrogen and oxygen atoms in total. The van der Waals surface area contributed by atoms with E-state index in [9.17, 15) is 19.7 Å². The predicted molar refractivity (Wildman–Crippen MR) is 141 cm³/mol. The lowest BCUT2D eigenvalue weighted by molar-refractivity contribution is -0.384. The molecule has 2 fully saturated rings. The van der Waals surface area contributed by atoms with Gasteiger partial charge in [0.1, 0.15) is 5.69 Å². The number of nitrogens with zero attached hydrogens (tertiary/aromatic N) is 4. The van der Waals surface area contributed by atoms with Crippen molar-refractivity contribution in [2.24, 2.45) is 0 Å². The molecule has 2 saturated heterocycles. The van der Waals surface area contributed by atoms with Crippen LogP contribution in [0.5, 0.6) is 0 Å². The summed E-state index contributed by atoms with van der Waals surface area (Å²) in [4.78, 5) is 42.7. The SMILES string of the molecule is Cl.Cl.O=C(CCN1CCN(C(=O)c2ccccc2)CC1)c1ccc(N2CCCCC2)c([N+](=O)[O-])c1. The number of carbonyl (C=O) groups is 2. The van der Waals surface area contributed by atoms with E-state index in [2.05, 4.69) is 4.90 Å². The Balaban J connectivity index is 0.00000216. The van der Waals surface area contributed by atoms with E-state index >= 15 is 0 Å². The van der Waals surface area contributed by atoms with Crippen LogP contribution in [0.25, 0.3) is 0 Å². The van der Waals surface area contributed by atoms with Gasteiger partial charge in [-0.05, 0) is 43.5 Å². The third-order valence-corrected chi connectivity index (χ3v) is 6.53. The lowest BCUT2D eigenvalue weighted by Crippen LogP contribution is -2.49. The van der Waals surface area contributed by atoms with Crippen LogP contribution in [0.4, 0.5) is 11.4 Å². The molecule has 0 N–H and O–H groups in total. The Labute approximate surface area is 218 Å². The van der Waals surface area contributed by atoms with Crippen LogP contribution in [0.15, 0.2) is 48.5 Å². The number of anilines is 1. The fourth-order valence-electron chi connectivity index (χ4n) is 4.59. The number of amides is 1. The number of benzene rings is 2. The first-order valence-corrected chi connectivity index (χ1v) is 11.7. The molecule has 2 aliphatic heterocycles. The van der Waals surface area contributed by atoms with E-state index in [1.54, 1.807) is 12.1 Å². The summed E-state index contributed by atoms with van der Waals surface area (Å²) in [5.41, 5.74) is 1.70. The predicted octanol–water partition coefficient (Wildman–Crippen LogP) is 4.46. The number of piperazine rings is 1. The van der Waals surface area contributed by atoms with Crippen LogP contribution in [0.1, 0.15) is 46.4 Å². The molecule has 2 aromatic rings. The summed E-state index contributed by atoms with van der Waals surface area (Å²) in [5.74, 6) is -0.0569.